The number of esters is 2. The molecular weight excluding hydrogens is 404 g/mol. The fourth-order valence-corrected chi connectivity index (χ4v) is 3.26. The van der Waals surface area contributed by atoms with Crippen LogP contribution in [0.5, 0.6) is 0 Å². The summed E-state index contributed by atoms with van der Waals surface area (Å²) in [5, 5.41) is 0. The van der Waals surface area contributed by atoms with Gasteiger partial charge in [0.1, 0.15) is 13.2 Å². The van der Waals surface area contributed by atoms with Gasteiger partial charge in [0.25, 0.3) is 0 Å². The molecule has 0 amide bonds. The number of benzene rings is 3. The molecule has 160 valence electrons. The summed E-state index contributed by atoms with van der Waals surface area (Å²) in [4.78, 5) is 25.5. The van der Waals surface area contributed by atoms with Gasteiger partial charge in [0.05, 0.1) is 17.4 Å². The summed E-state index contributed by atoms with van der Waals surface area (Å²) in [6.45, 7) is 0.247. The van der Waals surface area contributed by atoms with Crippen LogP contribution >= 0.6 is 0 Å². The van der Waals surface area contributed by atoms with Gasteiger partial charge in [0, 0.05) is 0 Å². The second kappa shape index (κ2) is 10.3. The summed E-state index contributed by atoms with van der Waals surface area (Å²) in [6.07, 6.45) is 2.14. The van der Waals surface area contributed by atoms with E-state index >= 15 is 0 Å². The number of ether oxygens (including phenoxy) is 3. The van der Waals surface area contributed by atoms with Crippen LogP contribution in [0, 0.1) is 0 Å². The Morgan fingerprint density at radius 3 is 1.75 bits per heavy atom. The third kappa shape index (κ3) is 5.32. The third-order valence-electron chi connectivity index (χ3n) is 4.92. The van der Waals surface area contributed by atoms with Crippen molar-refractivity contribution in [3.8, 4) is 0 Å². The first kappa shape index (κ1) is 21.1. The monoisotopic (exact) mass is 426 g/mol. The minimum Gasteiger partial charge on any atom is -0.487 e. The zero-order chi connectivity index (χ0) is 22.2. The second-order valence-corrected chi connectivity index (χ2v) is 7.22. The molecule has 0 fully saturated rings. The molecule has 5 nitrogen and oxygen atoms in total. The molecule has 1 aliphatic heterocycles. The molecule has 1 aliphatic rings. The third-order valence-corrected chi connectivity index (χ3v) is 4.92. The number of rotatable bonds is 7. The van der Waals surface area contributed by atoms with Gasteiger partial charge in [-0.05, 0) is 22.8 Å². The summed E-state index contributed by atoms with van der Waals surface area (Å²) in [6, 6.07) is 28.1. The van der Waals surface area contributed by atoms with Crippen LogP contribution in [0.4, 0.5) is 0 Å². The van der Waals surface area contributed by atoms with Crippen molar-refractivity contribution in [3.63, 3.8) is 0 Å². The van der Waals surface area contributed by atoms with Crippen molar-refractivity contribution < 1.29 is 23.8 Å². The summed E-state index contributed by atoms with van der Waals surface area (Å²) in [7, 11) is 0. The van der Waals surface area contributed by atoms with E-state index in [1.165, 1.54) is 12.3 Å². The van der Waals surface area contributed by atoms with Crippen molar-refractivity contribution >= 4 is 11.9 Å². The average molecular weight is 426 g/mol. The predicted octanol–water partition coefficient (Wildman–Crippen LogP) is 5.06. The van der Waals surface area contributed by atoms with Crippen molar-refractivity contribution in [2.75, 3.05) is 0 Å². The Balaban J connectivity index is 1.51. The van der Waals surface area contributed by atoms with Crippen LogP contribution in [-0.2, 0) is 37.0 Å². The van der Waals surface area contributed by atoms with E-state index in [2.05, 4.69) is 0 Å². The summed E-state index contributed by atoms with van der Waals surface area (Å²) < 4.78 is 16.7. The maximum absolute atomic E-state index is 13.0. The first-order valence-corrected chi connectivity index (χ1v) is 10.2. The van der Waals surface area contributed by atoms with Crippen LogP contribution in [0.25, 0.3) is 0 Å². The van der Waals surface area contributed by atoms with Gasteiger partial charge in [-0.1, -0.05) is 91.0 Å². The lowest BCUT2D eigenvalue weighted by Crippen LogP contribution is -2.21. The molecule has 0 saturated carbocycles. The Hall–Kier alpha value is -4.12. The second-order valence-electron chi connectivity index (χ2n) is 7.22. The normalized spacial score (nSPS) is 15.1. The van der Waals surface area contributed by atoms with Gasteiger partial charge in [0.2, 0.25) is 0 Å². The minimum atomic E-state index is -0.676. The van der Waals surface area contributed by atoms with Crippen LogP contribution in [-0.4, -0.2) is 11.9 Å². The number of hydrogen-bond acceptors (Lipinski definition) is 5. The summed E-state index contributed by atoms with van der Waals surface area (Å²) in [5.74, 6) is -1.13. The molecule has 0 spiro atoms. The van der Waals surface area contributed by atoms with Gasteiger partial charge in [-0.25, -0.2) is 9.59 Å². The van der Waals surface area contributed by atoms with Crippen molar-refractivity contribution in [1.29, 1.82) is 0 Å². The fourth-order valence-electron chi connectivity index (χ4n) is 3.26. The largest absolute Gasteiger partial charge is 0.487 e. The maximum atomic E-state index is 13.0. The molecule has 0 bridgehead atoms. The lowest BCUT2D eigenvalue weighted by molar-refractivity contribution is -0.141. The van der Waals surface area contributed by atoms with Gasteiger partial charge in [-0.3, -0.25) is 0 Å². The van der Waals surface area contributed by atoms with E-state index in [4.69, 9.17) is 14.2 Å². The van der Waals surface area contributed by atoms with E-state index in [-0.39, 0.29) is 24.4 Å². The van der Waals surface area contributed by atoms with Crippen LogP contribution in [0.3, 0.4) is 0 Å². The minimum absolute atomic E-state index is 0.121. The number of carbonyl (C=O) groups is 2. The zero-order valence-electron chi connectivity index (χ0n) is 17.3. The molecule has 0 N–H and O–H groups in total. The molecule has 0 saturated heterocycles. The van der Waals surface area contributed by atoms with Crippen LogP contribution in [0.2, 0.25) is 0 Å². The summed E-state index contributed by atoms with van der Waals surface area (Å²) >= 11 is 0. The lowest BCUT2D eigenvalue weighted by Gasteiger charge is -2.23. The Kier molecular flexibility index (Phi) is 6.78. The number of hydrogen-bond donors (Lipinski definition) is 0. The molecule has 32 heavy (non-hydrogen) atoms. The highest BCUT2D eigenvalue weighted by atomic mass is 16.5. The number of carbonyl (C=O) groups excluding carboxylic acids is 2. The molecular formula is C27H22O5. The van der Waals surface area contributed by atoms with E-state index in [9.17, 15) is 9.59 Å². The van der Waals surface area contributed by atoms with E-state index in [1.807, 2.05) is 91.0 Å². The highest BCUT2D eigenvalue weighted by molar-refractivity contribution is 5.97. The predicted molar refractivity (Wildman–Crippen MR) is 119 cm³/mol. The van der Waals surface area contributed by atoms with Gasteiger partial charge in [0.15, 0.2) is 6.10 Å². The van der Waals surface area contributed by atoms with Gasteiger partial charge >= 0.3 is 11.9 Å². The van der Waals surface area contributed by atoms with Crippen molar-refractivity contribution in [2.45, 2.75) is 19.3 Å². The molecule has 4 rings (SSSR count). The maximum Gasteiger partial charge on any atom is 0.341 e. The van der Waals surface area contributed by atoms with Crippen LogP contribution < -0.4 is 0 Å². The van der Waals surface area contributed by atoms with Crippen LogP contribution in [0.15, 0.2) is 114 Å². The quantitative estimate of drug-likeness (QED) is 0.495. The standard InChI is InChI=1S/C27H22O5/c28-26(31-17-20-10-4-1-5-11-20)23-16-24(25(30-19-23)22-14-8-3-9-15-22)27(29)32-18-21-12-6-2-7-13-21/h1-16,19,25H,17-18H2. The Morgan fingerprint density at radius 2 is 1.19 bits per heavy atom. The highest BCUT2D eigenvalue weighted by Gasteiger charge is 2.30. The molecule has 3 aromatic carbocycles. The van der Waals surface area contributed by atoms with Crippen molar-refractivity contribution in [1.82, 2.24) is 0 Å². The molecule has 1 heterocycles. The SMILES string of the molecule is O=C(OCc1ccccc1)C1=COC(c2ccccc2)C(C(=O)OCc2ccccc2)=C1. The van der Waals surface area contributed by atoms with Crippen molar-refractivity contribution in [2.24, 2.45) is 0 Å². The topological polar surface area (TPSA) is 61.8 Å². The lowest BCUT2D eigenvalue weighted by atomic mass is 9.97. The molecule has 5 heteroatoms. The molecule has 3 aromatic rings. The van der Waals surface area contributed by atoms with Gasteiger partial charge < -0.3 is 14.2 Å². The first-order valence-electron chi connectivity index (χ1n) is 10.2. The highest BCUT2D eigenvalue weighted by Crippen LogP contribution is 2.32. The first-order chi connectivity index (χ1) is 15.7. The average Bonchev–Trinajstić information content (AvgIpc) is 2.87. The molecule has 0 radical (unpaired) electrons. The Labute approximate surface area is 186 Å². The van der Waals surface area contributed by atoms with Crippen molar-refractivity contribution in [3.05, 3.63) is 131 Å². The van der Waals surface area contributed by atoms with E-state index in [0.29, 0.717) is 0 Å². The van der Waals surface area contributed by atoms with Gasteiger partial charge in [-0.2, -0.15) is 0 Å². The Morgan fingerprint density at radius 1 is 0.688 bits per heavy atom. The van der Waals surface area contributed by atoms with Gasteiger partial charge in [-0.15, -0.1) is 0 Å². The van der Waals surface area contributed by atoms with E-state index < -0.39 is 18.0 Å². The smallest absolute Gasteiger partial charge is 0.341 e. The molecule has 0 aliphatic carbocycles. The fraction of sp³-hybridized carbons (Fsp3) is 0.111. The summed E-state index contributed by atoms with van der Waals surface area (Å²) in [5.41, 5.74) is 2.91. The molecule has 1 unspecified atom stereocenters. The Bertz CT molecular complexity index is 1120. The van der Waals surface area contributed by atoms with Crippen LogP contribution in [0.1, 0.15) is 22.8 Å². The molecule has 0 aromatic heterocycles. The van der Waals surface area contributed by atoms with E-state index in [0.717, 1.165) is 16.7 Å². The van der Waals surface area contributed by atoms with E-state index in [1.54, 1.807) is 0 Å². The zero-order valence-corrected chi connectivity index (χ0v) is 17.3. The molecule has 1 atom stereocenters.